The van der Waals surface area contributed by atoms with E-state index in [0.717, 1.165) is 12.1 Å². The number of benzene rings is 1. The summed E-state index contributed by atoms with van der Waals surface area (Å²) in [6, 6.07) is 8.02. The SMILES string of the molecule is CCNc1cncc(C(=O)NCc2cccc(C)c2)n1. The lowest BCUT2D eigenvalue weighted by Crippen LogP contribution is -2.24. The second-order valence-electron chi connectivity index (χ2n) is 4.49. The zero-order valence-electron chi connectivity index (χ0n) is 11.7. The molecule has 2 N–H and O–H groups in total. The lowest BCUT2D eigenvalue weighted by molar-refractivity contribution is 0.0945. The molecule has 5 heteroatoms. The van der Waals surface area contributed by atoms with Gasteiger partial charge in [0, 0.05) is 13.1 Å². The third-order valence-corrected chi connectivity index (χ3v) is 2.76. The molecule has 0 bridgehead atoms. The summed E-state index contributed by atoms with van der Waals surface area (Å²) in [6.45, 7) is 5.21. The minimum absolute atomic E-state index is 0.223. The summed E-state index contributed by atoms with van der Waals surface area (Å²) in [4.78, 5) is 20.2. The van der Waals surface area contributed by atoms with Gasteiger partial charge in [-0.15, -0.1) is 0 Å². The van der Waals surface area contributed by atoms with Crippen molar-refractivity contribution in [1.82, 2.24) is 15.3 Å². The molecule has 0 fully saturated rings. The van der Waals surface area contributed by atoms with Gasteiger partial charge >= 0.3 is 0 Å². The van der Waals surface area contributed by atoms with Crippen molar-refractivity contribution in [2.24, 2.45) is 0 Å². The van der Waals surface area contributed by atoms with Crippen LogP contribution in [0, 0.1) is 6.92 Å². The number of amides is 1. The normalized spacial score (nSPS) is 10.1. The average Bonchev–Trinajstić information content (AvgIpc) is 2.45. The number of nitrogens with zero attached hydrogens (tertiary/aromatic N) is 2. The number of carbonyl (C=O) groups excluding carboxylic acids is 1. The first-order chi connectivity index (χ1) is 9.69. The fourth-order valence-corrected chi connectivity index (χ4v) is 1.84. The van der Waals surface area contributed by atoms with E-state index >= 15 is 0 Å². The van der Waals surface area contributed by atoms with Gasteiger partial charge in [0.25, 0.3) is 5.91 Å². The van der Waals surface area contributed by atoms with Crippen molar-refractivity contribution in [3.8, 4) is 0 Å². The van der Waals surface area contributed by atoms with Crippen LogP contribution in [0.2, 0.25) is 0 Å². The molecule has 0 aliphatic rings. The number of aryl methyl sites for hydroxylation is 1. The van der Waals surface area contributed by atoms with Crippen molar-refractivity contribution in [2.75, 3.05) is 11.9 Å². The number of aromatic nitrogens is 2. The zero-order valence-corrected chi connectivity index (χ0v) is 11.7. The molecular formula is C15H18N4O. The number of nitrogens with one attached hydrogen (secondary N) is 2. The van der Waals surface area contributed by atoms with Gasteiger partial charge in [0.05, 0.1) is 12.4 Å². The molecule has 1 aromatic carbocycles. The Bertz CT molecular complexity index is 598. The summed E-state index contributed by atoms with van der Waals surface area (Å²) in [7, 11) is 0. The Morgan fingerprint density at radius 3 is 2.90 bits per heavy atom. The van der Waals surface area contributed by atoms with Crippen LogP contribution < -0.4 is 10.6 Å². The molecule has 2 aromatic rings. The van der Waals surface area contributed by atoms with E-state index in [1.165, 1.54) is 11.8 Å². The van der Waals surface area contributed by atoms with Gasteiger partial charge in [0.15, 0.2) is 0 Å². The highest BCUT2D eigenvalue weighted by Crippen LogP contribution is 2.05. The van der Waals surface area contributed by atoms with Crippen LogP contribution in [-0.4, -0.2) is 22.4 Å². The first-order valence-corrected chi connectivity index (χ1v) is 6.58. The van der Waals surface area contributed by atoms with Crippen molar-refractivity contribution in [1.29, 1.82) is 0 Å². The van der Waals surface area contributed by atoms with Gasteiger partial charge in [-0.3, -0.25) is 9.78 Å². The van der Waals surface area contributed by atoms with E-state index in [1.807, 2.05) is 38.1 Å². The smallest absolute Gasteiger partial charge is 0.271 e. The van der Waals surface area contributed by atoms with E-state index in [2.05, 4.69) is 20.6 Å². The molecule has 0 saturated carbocycles. The maximum absolute atomic E-state index is 12.0. The third kappa shape index (κ3) is 3.78. The first kappa shape index (κ1) is 14.0. The highest BCUT2D eigenvalue weighted by Gasteiger charge is 2.08. The quantitative estimate of drug-likeness (QED) is 0.873. The van der Waals surface area contributed by atoms with Gasteiger partial charge in [0.2, 0.25) is 0 Å². The molecule has 5 nitrogen and oxygen atoms in total. The Morgan fingerprint density at radius 2 is 2.15 bits per heavy atom. The van der Waals surface area contributed by atoms with Crippen molar-refractivity contribution >= 4 is 11.7 Å². The standard InChI is InChI=1S/C15H18N4O/c1-3-17-14-10-16-9-13(19-14)15(20)18-8-12-6-4-5-11(2)7-12/h4-7,9-10H,3,8H2,1-2H3,(H,17,19)(H,18,20). The molecule has 0 aliphatic carbocycles. The van der Waals surface area contributed by atoms with Gasteiger partial charge in [-0.2, -0.15) is 0 Å². The van der Waals surface area contributed by atoms with Crippen LogP contribution in [0.1, 0.15) is 28.5 Å². The number of anilines is 1. The molecule has 0 spiro atoms. The average molecular weight is 270 g/mol. The van der Waals surface area contributed by atoms with Crippen LogP contribution in [0.25, 0.3) is 0 Å². The van der Waals surface area contributed by atoms with E-state index in [4.69, 9.17) is 0 Å². The number of rotatable bonds is 5. The molecule has 104 valence electrons. The highest BCUT2D eigenvalue weighted by molar-refractivity contribution is 5.92. The monoisotopic (exact) mass is 270 g/mol. The molecule has 1 amide bonds. The van der Waals surface area contributed by atoms with Crippen LogP contribution in [0.5, 0.6) is 0 Å². The van der Waals surface area contributed by atoms with Crippen molar-refractivity contribution in [2.45, 2.75) is 20.4 Å². The van der Waals surface area contributed by atoms with Crippen LogP contribution in [-0.2, 0) is 6.54 Å². The van der Waals surface area contributed by atoms with Crippen molar-refractivity contribution < 1.29 is 4.79 Å². The van der Waals surface area contributed by atoms with Gasteiger partial charge in [-0.05, 0) is 19.4 Å². The topological polar surface area (TPSA) is 66.9 Å². The van der Waals surface area contributed by atoms with Gasteiger partial charge in [-0.25, -0.2) is 4.98 Å². The molecule has 20 heavy (non-hydrogen) atoms. The molecule has 0 aliphatic heterocycles. The summed E-state index contributed by atoms with van der Waals surface area (Å²) in [6.07, 6.45) is 3.06. The fourth-order valence-electron chi connectivity index (χ4n) is 1.84. The van der Waals surface area contributed by atoms with Gasteiger partial charge in [0.1, 0.15) is 11.5 Å². The molecule has 1 aromatic heterocycles. The van der Waals surface area contributed by atoms with E-state index in [9.17, 15) is 4.79 Å². The molecule has 0 atom stereocenters. The molecule has 2 rings (SSSR count). The maximum atomic E-state index is 12.0. The van der Waals surface area contributed by atoms with E-state index in [-0.39, 0.29) is 5.91 Å². The minimum atomic E-state index is -0.223. The van der Waals surface area contributed by atoms with Crippen LogP contribution in [0.4, 0.5) is 5.82 Å². The molecule has 0 saturated heterocycles. The summed E-state index contributed by atoms with van der Waals surface area (Å²) in [5.41, 5.74) is 2.55. The van der Waals surface area contributed by atoms with Crippen molar-refractivity contribution in [3.05, 3.63) is 53.5 Å². The van der Waals surface area contributed by atoms with Crippen LogP contribution in [0.15, 0.2) is 36.7 Å². The lowest BCUT2D eigenvalue weighted by atomic mass is 10.1. The Balaban J connectivity index is 1.99. The molecular weight excluding hydrogens is 252 g/mol. The zero-order chi connectivity index (χ0) is 14.4. The summed E-state index contributed by atoms with van der Waals surface area (Å²) < 4.78 is 0. The van der Waals surface area contributed by atoms with Gasteiger partial charge in [-0.1, -0.05) is 29.8 Å². The Kier molecular flexibility index (Phi) is 4.65. The largest absolute Gasteiger partial charge is 0.369 e. The predicted octanol–water partition coefficient (Wildman–Crippen LogP) is 2.15. The van der Waals surface area contributed by atoms with Gasteiger partial charge < -0.3 is 10.6 Å². The minimum Gasteiger partial charge on any atom is -0.369 e. The predicted molar refractivity (Wildman–Crippen MR) is 78.5 cm³/mol. The summed E-state index contributed by atoms with van der Waals surface area (Å²) >= 11 is 0. The third-order valence-electron chi connectivity index (χ3n) is 2.76. The second-order valence-corrected chi connectivity index (χ2v) is 4.49. The molecule has 0 unspecified atom stereocenters. The Labute approximate surface area is 118 Å². The van der Waals surface area contributed by atoms with Crippen LogP contribution in [0.3, 0.4) is 0 Å². The summed E-state index contributed by atoms with van der Waals surface area (Å²) in [5.74, 6) is 0.384. The number of hydrogen-bond acceptors (Lipinski definition) is 4. The lowest BCUT2D eigenvalue weighted by Gasteiger charge is -2.07. The summed E-state index contributed by atoms with van der Waals surface area (Å²) in [5, 5.41) is 5.87. The number of carbonyl (C=O) groups is 1. The van der Waals surface area contributed by atoms with E-state index in [0.29, 0.717) is 18.1 Å². The molecule has 0 radical (unpaired) electrons. The first-order valence-electron chi connectivity index (χ1n) is 6.58. The fraction of sp³-hybridized carbons (Fsp3) is 0.267. The van der Waals surface area contributed by atoms with Crippen LogP contribution >= 0.6 is 0 Å². The Morgan fingerprint density at radius 1 is 1.30 bits per heavy atom. The number of hydrogen-bond donors (Lipinski definition) is 2. The van der Waals surface area contributed by atoms with Crippen molar-refractivity contribution in [3.63, 3.8) is 0 Å². The Hall–Kier alpha value is -2.43. The van der Waals surface area contributed by atoms with E-state index < -0.39 is 0 Å². The second kappa shape index (κ2) is 6.65. The molecule has 1 heterocycles. The van der Waals surface area contributed by atoms with E-state index in [1.54, 1.807) is 6.20 Å². The highest BCUT2D eigenvalue weighted by atomic mass is 16.1. The maximum Gasteiger partial charge on any atom is 0.271 e.